The lowest BCUT2D eigenvalue weighted by Crippen LogP contribution is -2.21. The van der Waals surface area contributed by atoms with Crippen LogP contribution in [0.2, 0.25) is 0 Å². The van der Waals surface area contributed by atoms with Gasteiger partial charge in [-0.3, -0.25) is 9.59 Å². The molecule has 2 aromatic rings. The average Bonchev–Trinajstić information content (AvgIpc) is 2.75. The number of methoxy groups -OCH3 is 1. The van der Waals surface area contributed by atoms with Gasteiger partial charge in [0.05, 0.1) is 25.0 Å². The Morgan fingerprint density at radius 2 is 1.66 bits per heavy atom. The Balaban J connectivity index is 1.71. The van der Waals surface area contributed by atoms with Crippen molar-refractivity contribution in [2.45, 2.75) is 18.2 Å². The number of nitrogens with one attached hydrogen (secondary N) is 1. The van der Waals surface area contributed by atoms with Crippen LogP contribution < -0.4 is 10.1 Å². The molecule has 0 aromatic heterocycles. The fourth-order valence-corrected chi connectivity index (χ4v) is 2.86. The molecule has 8 heteroatoms. The Hall–Kier alpha value is -3.00. The van der Waals surface area contributed by atoms with Crippen molar-refractivity contribution in [1.82, 2.24) is 0 Å². The first-order chi connectivity index (χ1) is 14.0. The number of hydrogen-bond acceptors (Lipinski definition) is 7. The van der Waals surface area contributed by atoms with Crippen molar-refractivity contribution in [3.05, 3.63) is 54.1 Å². The van der Waals surface area contributed by atoms with Gasteiger partial charge in [0.1, 0.15) is 5.75 Å². The second-order valence-corrected chi connectivity index (χ2v) is 6.94. The molecule has 7 nitrogen and oxygen atoms in total. The molecule has 154 valence electrons. The van der Waals surface area contributed by atoms with E-state index in [9.17, 15) is 14.4 Å². The molecule has 0 fully saturated rings. The summed E-state index contributed by atoms with van der Waals surface area (Å²) >= 11 is 1.31. The average molecular weight is 417 g/mol. The molecule has 0 aliphatic heterocycles. The van der Waals surface area contributed by atoms with E-state index in [0.717, 1.165) is 17.1 Å². The first-order valence-electron chi connectivity index (χ1n) is 9.01. The highest BCUT2D eigenvalue weighted by molar-refractivity contribution is 8.00. The lowest BCUT2D eigenvalue weighted by molar-refractivity contribution is -0.144. The maximum absolute atomic E-state index is 11.9. The normalized spacial score (nSPS) is 10.1. The summed E-state index contributed by atoms with van der Waals surface area (Å²) in [5.74, 6) is -0.537. The van der Waals surface area contributed by atoms with Crippen LogP contribution in [0.3, 0.4) is 0 Å². The molecule has 0 saturated carbocycles. The van der Waals surface area contributed by atoms with Gasteiger partial charge in [0.2, 0.25) is 0 Å². The van der Waals surface area contributed by atoms with Gasteiger partial charge in [-0.1, -0.05) is 6.92 Å². The van der Waals surface area contributed by atoms with Crippen LogP contribution in [0.1, 0.15) is 23.7 Å². The summed E-state index contributed by atoms with van der Waals surface area (Å²) in [7, 11) is 1.58. The minimum absolute atomic E-state index is 0.0914. The van der Waals surface area contributed by atoms with Gasteiger partial charge in [0, 0.05) is 10.6 Å². The molecular formula is C21H23NO6S. The molecule has 2 aromatic carbocycles. The number of rotatable bonds is 10. The van der Waals surface area contributed by atoms with Crippen LogP contribution in [-0.4, -0.2) is 43.9 Å². The van der Waals surface area contributed by atoms with E-state index in [-0.39, 0.29) is 12.4 Å². The van der Waals surface area contributed by atoms with Crippen molar-refractivity contribution in [2.24, 2.45) is 0 Å². The Labute approximate surface area is 173 Å². The van der Waals surface area contributed by atoms with E-state index in [4.69, 9.17) is 14.2 Å². The molecule has 0 aliphatic rings. The summed E-state index contributed by atoms with van der Waals surface area (Å²) in [4.78, 5) is 36.4. The molecule has 0 atom stereocenters. The predicted octanol–water partition coefficient (Wildman–Crippen LogP) is 3.54. The number of thioether (sulfide) groups is 1. The zero-order chi connectivity index (χ0) is 21.1. The van der Waals surface area contributed by atoms with Gasteiger partial charge in [-0.15, -0.1) is 11.8 Å². The van der Waals surface area contributed by atoms with E-state index in [2.05, 4.69) is 5.32 Å². The monoisotopic (exact) mass is 417 g/mol. The molecule has 0 saturated heterocycles. The Bertz CT molecular complexity index is 820. The molecule has 1 N–H and O–H groups in total. The number of ether oxygens (including phenoxy) is 3. The Morgan fingerprint density at radius 1 is 0.966 bits per heavy atom. The quantitative estimate of drug-likeness (QED) is 0.467. The van der Waals surface area contributed by atoms with Crippen molar-refractivity contribution in [3.63, 3.8) is 0 Å². The van der Waals surface area contributed by atoms with Gasteiger partial charge in [0.15, 0.2) is 6.61 Å². The summed E-state index contributed by atoms with van der Waals surface area (Å²) in [5.41, 5.74) is 0.893. The van der Waals surface area contributed by atoms with Gasteiger partial charge < -0.3 is 19.5 Å². The SMILES string of the molecule is CCCOC(=O)c1ccc(NC(=O)COC(=O)CSc2ccc(OC)cc2)cc1. The van der Waals surface area contributed by atoms with Crippen LogP contribution in [-0.2, 0) is 19.1 Å². The molecule has 0 heterocycles. The number of hydrogen-bond donors (Lipinski definition) is 1. The fraction of sp³-hybridized carbons (Fsp3) is 0.286. The molecule has 0 unspecified atom stereocenters. The van der Waals surface area contributed by atoms with Crippen molar-refractivity contribution in [1.29, 1.82) is 0 Å². The molecule has 0 bridgehead atoms. The van der Waals surface area contributed by atoms with Crippen LogP contribution >= 0.6 is 11.8 Å². The Kier molecular flexibility index (Phi) is 9.04. The predicted molar refractivity (Wildman–Crippen MR) is 110 cm³/mol. The van der Waals surface area contributed by atoms with Crippen molar-refractivity contribution < 1.29 is 28.6 Å². The van der Waals surface area contributed by atoms with Crippen LogP contribution in [0.25, 0.3) is 0 Å². The third-order valence-electron chi connectivity index (χ3n) is 3.62. The van der Waals surface area contributed by atoms with Crippen LogP contribution in [0.15, 0.2) is 53.4 Å². The number of amides is 1. The van der Waals surface area contributed by atoms with Crippen molar-refractivity contribution >= 4 is 35.3 Å². The van der Waals surface area contributed by atoms with E-state index in [1.165, 1.54) is 11.8 Å². The second-order valence-electron chi connectivity index (χ2n) is 5.89. The van der Waals surface area contributed by atoms with E-state index >= 15 is 0 Å². The van der Waals surface area contributed by atoms with E-state index in [1.54, 1.807) is 43.5 Å². The number of carbonyl (C=O) groups excluding carboxylic acids is 3. The van der Waals surface area contributed by atoms with Crippen molar-refractivity contribution in [3.8, 4) is 5.75 Å². The summed E-state index contributed by atoms with van der Waals surface area (Å²) in [5, 5.41) is 2.60. The summed E-state index contributed by atoms with van der Waals surface area (Å²) in [6.45, 7) is 1.89. The molecule has 29 heavy (non-hydrogen) atoms. The largest absolute Gasteiger partial charge is 0.497 e. The highest BCUT2D eigenvalue weighted by Crippen LogP contribution is 2.21. The maximum atomic E-state index is 11.9. The summed E-state index contributed by atoms with van der Waals surface area (Å²) < 4.78 is 15.1. The van der Waals surface area contributed by atoms with Gasteiger partial charge >= 0.3 is 11.9 Å². The third kappa shape index (κ3) is 7.87. The van der Waals surface area contributed by atoms with Gasteiger partial charge in [0.25, 0.3) is 5.91 Å². The van der Waals surface area contributed by atoms with Crippen LogP contribution in [0, 0.1) is 0 Å². The molecule has 0 spiro atoms. The smallest absolute Gasteiger partial charge is 0.338 e. The zero-order valence-electron chi connectivity index (χ0n) is 16.3. The highest BCUT2D eigenvalue weighted by atomic mass is 32.2. The zero-order valence-corrected chi connectivity index (χ0v) is 17.1. The van der Waals surface area contributed by atoms with Crippen LogP contribution in [0.4, 0.5) is 5.69 Å². The number of esters is 2. The standard InChI is InChI=1S/C21H23NO6S/c1-3-12-27-21(25)15-4-6-16(7-5-15)22-19(23)13-28-20(24)14-29-18-10-8-17(26-2)9-11-18/h4-11H,3,12-14H2,1-2H3,(H,22,23). The van der Waals surface area contributed by atoms with E-state index in [1.807, 2.05) is 19.1 Å². The van der Waals surface area contributed by atoms with Gasteiger partial charge in [-0.25, -0.2) is 4.79 Å². The molecule has 0 aliphatic carbocycles. The second kappa shape index (κ2) is 11.8. The summed E-state index contributed by atoms with van der Waals surface area (Å²) in [6, 6.07) is 13.6. The third-order valence-corrected chi connectivity index (χ3v) is 4.61. The fourth-order valence-electron chi connectivity index (χ4n) is 2.17. The Morgan fingerprint density at radius 3 is 2.28 bits per heavy atom. The minimum atomic E-state index is -0.491. The van der Waals surface area contributed by atoms with Crippen LogP contribution in [0.5, 0.6) is 5.75 Å². The molecule has 0 radical (unpaired) electrons. The van der Waals surface area contributed by atoms with E-state index < -0.39 is 17.8 Å². The van der Waals surface area contributed by atoms with E-state index in [0.29, 0.717) is 17.9 Å². The lowest BCUT2D eigenvalue weighted by Gasteiger charge is -2.08. The van der Waals surface area contributed by atoms with Gasteiger partial charge in [-0.05, 0) is 55.0 Å². The number of anilines is 1. The number of benzene rings is 2. The summed E-state index contributed by atoms with van der Waals surface area (Å²) in [6.07, 6.45) is 0.747. The minimum Gasteiger partial charge on any atom is -0.497 e. The van der Waals surface area contributed by atoms with Gasteiger partial charge in [-0.2, -0.15) is 0 Å². The molecule has 1 amide bonds. The lowest BCUT2D eigenvalue weighted by atomic mass is 10.2. The first kappa shape index (κ1) is 22.3. The maximum Gasteiger partial charge on any atom is 0.338 e. The first-order valence-corrected chi connectivity index (χ1v) is 10.00. The number of carbonyl (C=O) groups is 3. The topological polar surface area (TPSA) is 90.9 Å². The molecular weight excluding hydrogens is 394 g/mol. The highest BCUT2D eigenvalue weighted by Gasteiger charge is 2.10. The van der Waals surface area contributed by atoms with Crippen molar-refractivity contribution in [2.75, 3.05) is 31.4 Å². The molecule has 2 rings (SSSR count).